The number of pyridine rings is 1. The predicted octanol–water partition coefficient (Wildman–Crippen LogP) is 4.52. The quantitative estimate of drug-likeness (QED) is 0.538. The third kappa shape index (κ3) is 3.17. The molecule has 124 valence electrons. The van der Waals surface area contributed by atoms with Crippen LogP contribution in [0, 0.1) is 6.92 Å². The van der Waals surface area contributed by atoms with Crippen molar-refractivity contribution in [2.24, 2.45) is 0 Å². The van der Waals surface area contributed by atoms with Crippen molar-refractivity contribution in [2.45, 2.75) is 13.5 Å². The number of fused-ring (bicyclic) bond motifs is 1. The van der Waals surface area contributed by atoms with Gasteiger partial charge in [-0.05, 0) is 54.4 Å². The molecule has 0 atom stereocenters. The second kappa shape index (κ2) is 6.28. The molecule has 0 saturated heterocycles. The molecule has 0 unspecified atom stereocenters. The van der Waals surface area contributed by atoms with E-state index in [-0.39, 0.29) is 5.75 Å². The lowest BCUT2D eigenvalue weighted by atomic mass is 10.1. The number of nitrogens with one attached hydrogen (secondary N) is 1. The second-order valence-corrected chi connectivity index (χ2v) is 5.94. The molecule has 0 radical (unpaired) electrons. The number of phenolic OH excluding ortho intramolecular Hbond substituents is 1. The zero-order chi connectivity index (χ0) is 17.2. The van der Waals surface area contributed by atoms with Crippen LogP contribution in [0.2, 0.25) is 0 Å². The number of rotatable bonds is 4. The Bertz CT molecular complexity index is 1030. The summed E-state index contributed by atoms with van der Waals surface area (Å²) in [5, 5.41) is 13.5. The smallest absolute Gasteiger partial charge is 0.231 e. The van der Waals surface area contributed by atoms with Gasteiger partial charge < -0.3 is 14.8 Å². The minimum Gasteiger partial charge on any atom is -0.507 e. The maximum atomic E-state index is 10.2. The molecule has 4 aromatic rings. The number of aryl methyl sites for hydroxylation is 1. The molecule has 2 N–H and O–H groups in total. The number of nitrogens with zero attached hydrogens (tertiary/aromatic N) is 2. The first kappa shape index (κ1) is 15.2. The van der Waals surface area contributed by atoms with Crippen LogP contribution in [0.25, 0.3) is 22.6 Å². The number of anilines is 1. The Morgan fingerprint density at radius 3 is 2.88 bits per heavy atom. The Morgan fingerprint density at radius 1 is 1.12 bits per heavy atom. The zero-order valence-electron chi connectivity index (χ0n) is 13.7. The van der Waals surface area contributed by atoms with E-state index in [2.05, 4.69) is 15.3 Å². The molecule has 0 saturated carbocycles. The van der Waals surface area contributed by atoms with Crippen molar-refractivity contribution >= 4 is 16.8 Å². The van der Waals surface area contributed by atoms with Crippen molar-refractivity contribution < 1.29 is 9.52 Å². The maximum Gasteiger partial charge on any atom is 0.231 e. The molecule has 5 heteroatoms. The van der Waals surface area contributed by atoms with E-state index in [1.807, 2.05) is 55.6 Å². The average Bonchev–Trinajstić information content (AvgIpc) is 3.04. The first-order valence-corrected chi connectivity index (χ1v) is 8.02. The largest absolute Gasteiger partial charge is 0.507 e. The molecule has 2 aromatic heterocycles. The number of aromatic hydroxyl groups is 1. The Labute approximate surface area is 145 Å². The fraction of sp³-hybridized carbons (Fsp3) is 0.100. The van der Waals surface area contributed by atoms with Gasteiger partial charge in [0.25, 0.3) is 0 Å². The van der Waals surface area contributed by atoms with Crippen LogP contribution in [-0.4, -0.2) is 15.1 Å². The molecular formula is C20H17N3O2. The van der Waals surface area contributed by atoms with Gasteiger partial charge in [0.1, 0.15) is 11.3 Å². The van der Waals surface area contributed by atoms with Gasteiger partial charge in [-0.15, -0.1) is 0 Å². The van der Waals surface area contributed by atoms with Crippen molar-refractivity contribution in [3.8, 4) is 17.2 Å². The van der Waals surface area contributed by atoms with Crippen molar-refractivity contribution in [2.75, 3.05) is 5.32 Å². The van der Waals surface area contributed by atoms with Gasteiger partial charge in [0.15, 0.2) is 5.58 Å². The van der Waals surface area contributed by atoms with Crippen molar-refractivity contribution in [1.29, 1.82) is 0 Å². The van der Waals surface area contributed by atoms with Crippen LogP contribution in [0.15, 0.2) is 65.3 Å². The lowest BCUT2D eigenvalue weighted by molar-refractivity contribution is 0.474. The molecule has 0 bridgehead atoms. The Morgan fingerprint density at radius 2 is 2.04 bits per heavy atom. The van der Waals surface area contributed by atoms with Crippen molar-refractivity contribution in [3.05, 3.63) is 72.1 Å². The Hall–Kier alpha value is -3.34. The van der Waals surface area contributed by atoms with Crippen LogP contribution < -0.4 is 5.32 Å². The van der Waals surface area contributed by atoms with Gasteiger partial charge in [0.05, 0.1) is 5.56 Å². The standard InChI is InChI=1S/C20H17N3O2/c1-13-4-7-19-17(9-13)23-20(25-19)16-10-15(5-6-18(16)24)22-12-14-3-2-8-21-11-14/h2-11,22,24H,12H2,1H3. The minimum atomic E-state index is 0.134. The van der Waals surface area contributed by atoms with Crippen molar-refractivity contribution in [1.82, 2.24) is 9.97 Å². The van der Waals surface area contributed by atoms with E-state index in [1.54, 1.807) is 12.3 Å². The number of hydrogen-bond acceptors (Lipinski definition) is 5. The van der Waals surface area contributed by atoms with E-state index in [1.165, 1.54) is 0 Å². The van der Waals surface area contributed by atoms with Crippen LogP contribution in [0.5, 0.6) is 5.75 Å². The van der Waals surface area contributed by atoms with Gasteiger partial charge in [0.2, 0.25) is 5.89 Å². The van der Waals surface area contributed by atoms with Gasteiger partial charge in [-0.3, -0.25) is 4.98 Å². The highest BCUT2D eigenvalue weighted by Gasteiger charge is 2.13. The molecular weight excluding hydrogens is 314 g/mol. The number of phenols is 1. The summed E-state index contributed by atoms with van der Waals surface area (Å²) in [6.07, 6.45) is 3.56. The fourth-order valence-electron chi connectivity index (χ4n) is 2.68. The van der Waals surface area contributed by atoms with E-state index in [9.17, 15) is 5.11 Å². The van der Waals surface area contributed by atoms with Gasteiger partial charge in [-0.25, -0.2) is 4.98 Å². The van der Waals surface area contributed by atoms with Gasteiger partial charge in [-0.1, -0.05) is 12.1 Å². The van der Waals surface area contributed by atoms with E-state index in [0.29, 0.717) is 23.6 Å². The molecule has 0 aliphatic carbocycles. The highest BCUT2D eigenvalue weighted by atomic mass is 16.3. The summed E-state index contributed by atoms with van der Waals surface area (Å²) in [6.45, 7) is 2.65. The number of benzene rings is 2. The zero-order valence-corrected chi connectivity index (χ0v) is 13.7. The van der Waals surface area contributed by atoms with E-state index in [0.717, 1.165) is 22.3 Å². The maximum absolute atomic E-state index is 10.2. The molecule has 0 aliphatic rings. The van der Waals surface area contributed by atoms with Gasteiger partial charge >= 0.3 is 0 Å². The first-order chi connectivity index (χ1) is 12.2. The third-order valence-corrected chi connectivity index (χ3v) is 3.99. The number of oxazole rings is 1. The molecule has 4 rings (SSSR count). The fourth-order valence-corrected chi connectivity index (χ4v) is 2.68. The lowest BCUT2D eigenvalue weighted by Gasteiger charge is -2.08. The Balaban J connectivity index is 1.64. The summed E-state index contributed by atoms with van der Waals surface area (Å²) in [4.78, 5) is 8.60. The summed E-state index contributed by atoms with van der Waals surface area (Å²) >= 11 is 0. The van der Waals surface area contributed by atoms with Crippen molar-refractivity contribution in [3.63, 3.8) is 0 Å². The molecule has 0 amide bonds. The van der Waals surface area contributed by atoms with E-state index in [4.69, 9.17) is 4.42 Å². The monoisotopic (exact) mass is 331 g/mol. The summed E-state index contributed by atoms with van der Waals surface area (Å²) in [5.74, 6) is 0.540. The van der Waals surface area contributed by atoms with E-state index < -0.39 is 0 Å². The average molecular weight is 331 g/mol. The van der Waals surface area contributed by atoms with Gasteiger partial charge in [-0.2, -0.15) is 0 Å². The summed E-state index contributed by atoms with van der Waals surface area (Å²) in [7, 11) is 0. The molecule has 2 heterocycles. The third-order valence-electron chi connectivity index (χ3n) is 3.99. The molecule has 2 aromatic carbocycles. The van der Waals surface area contributed by atoms with Crippen LogP contribution in [0.3, 0.4) is 0 Å². The minimum absolute atomic E-state index is 0.134. The molecule has 0 fully saturated rings. The molecule has 5 nitrogen and oxygen atoms in total. The van der Waals surface area contributed by atoms with Gasteiger partial charge in [0, 0.05) is 24.6 Å². The van der Waals surface area contributed by atoms with Crippen LogP contribution in [0.4, 0.5) is 5.69 Å². The number of hydrogen-bond donors (Lipinski definition) is 2. The second-order valence-electron chi connectivity index (χ2n) is 5.94. The Kier molecular flexibility index (Phi) is 3.82. The topological polar surface area (TPSA) is 71.2 Å². The van der Waals surface area contributed by atoms with Crippen LogP contribution in [0.1, 0.15) is 11.1 Å². The predicted molar refractivity (Wildman–Crippen MR) is 97.4 cm³/mol. The summed E-state index contributed by atoms with van der Waals surface area (Å²) in [6, 6.07) is 15.0. The normalized spacial score (nSPS) is 10.9. The lowest BCUT2D eigenvalue weighted by Crippen LogP contribution is -1.99. The molecule has 0 aliphatic heterocycles. The van der Waals surface area contributed by atoms with E-state index >= 15 is 0 Å². The number of aromatic nitrogens is 2. The summed E-state index contributed by atoms with van der Waals surface area (Å²) < 4.78 is 5.80. The first-order valence-electron chi connectivity index (χ1n) is 8.02. The highest BCUT2D eigenvalue weighted by Crippen LogP contribution is 2.33. The molecule has 25 heavy (non-hydrogen) atoms. The van der Waals surface area contributed by atoms with Crippen LogP contribution >= 0.6 is 0 Å². The molecule has 0 spiro atoms. The van der Waals surface area contributed by atoms with Crippen LogP contribution in [-0.2, 0) is 6.54 Å². The SMILES string of the molecule is Cc1ccc2oc(-c3cc(NCc4cccnc4)ccc3O)nc2c1. The highest BCUT2D eigenvalue weighted by molar-refractivity contribution is 5.79. The summed E-state index contributed by atoms with van der Waals surface area (Å²) in [5.41, 5.74) is 5.11.